The number of carbonyl (C=O) groups excluding carboxylic acids is 3. The van der Waals surface area contributed by atoms with Crippen molar-refractivity contribution in [2.24, 2.45) is 11.8 Å². The van der Waals surface area contributed by atoms with Gasteiger partial charge < -0.3 is 19.8 Å². The van der Waals surface area contributed by atoms with Crippen LogP contribution in [0.1, 0.15) is 11.1 Å². The smallest absolute Gasteiger partial charge is 0.250 e. The van der Waals surface area contributed by atoms with Crippen molar-refractivity contribution in [3.63, 3.8) is 0 Å². The molecule has 4 atom stereocenters. The Morgan fingerprint density at radius 3 is 2.65 bits per heavy atom. The Labute approximate surface area is 233 Å². The predicted molar refractivity (Wildman–Crippen MR) is 148 cm³/mol. The number of fused-ring (bicyclic) bond motifs is 6. The molecule has 200 valence electrons. The van der Waals surface area contributed by atoms with Crippen molar-refractivity contribution in [3.8, 4) is 11.5 Å². The van der Waals surface area contributed by atoms with Crippen molar-refractivity contribution in [2.45, 2.75) is 18.0 Å². The Hall–Kier alpha value is -4.34. The van der Waals surface area contributed by atoms with E-state index in [0.29, 0.717) is 53.1 Å². The standard InChI is InChI=1S/C30H23ClN4O5/c31-16-5-7-21-19(12-16)30(29(38)33-21)26-25(22(34-30)11-15-14-32-20-4-2-1-3-18(15)20)27(36)35(28(26)37)17-6-8-23-24(13-17)40-10-9-39-23/h1-8,12-14,22,25-26,32,34H,9-11H2,(H,33,38). The van der Waals surface area contributed by atoms with Gasteiger partial charge >= 0.3 is 0 Å². The molecular formula is C30H23ClN4O5. The molecule has 0 radical (unpaired) electrons. The van der Waals surface area contributed by atoms with Gasteiger partial charge in [0.05, 0.1) is 17.5 Å². The van der Waals surface area contributed by atoms with E-state index in [2.05, 4.69) is 15.6 Å². The van der Waals surface area contributed by atoms with E-state index >= 15 is 0 Å². The van der Waals surface area contributed by atoms with Gasteiger partial charge in [-0.05, 0) is 48.4 Å². The summed E-state index contributed by atoms with van der Waals surface area (Å²) in [5.74, 6) is -1.89. The fourth-order valence-corrected chi connectivity index (χ4v) is 7.08. The summed E-state index contributed by atoms with van der Waals surface area (Å²) in [5, 5.41) is 7.88. The number of para-hydroxylation sites is 1. The maximum atomic E-state index is 14.3. The largest absolute Gasteiger partial charge is 0.486 e. The van der Waals surface area contributed by atoms with E-state index in [-0.39, 0.29) is 11.8 Å². The first-order valence-corrected chi connectivity index (χ1v) is 13.5. The van der Waals surface area contributed by atoms with Crippen LogP contribution in [0.4, 0.5) is 11.4 Å². The number of hydrogen-bond donors (Lipinski definition) is 3. The van der Waals surface area contributed by atoms with Crippen LogP contribution in [0.5, 0.6) is 11.5 Å². The molecule has 1 spiro atoms. The van der Waals surface area contributed by atoms with Crippen molar-refractivity contribution in [3.05, 3.63) is 83.0 Å². The number of aromatic nitrogens is 1. The second-order valence-corrected chi connectivity index (χ2v) is 11.0. The molecule has 3 amide bonds. The number of halogens is 1. The lowest BCUT2D eigenvalue weighted by atomic mass is 9.76. The second kappa shape index (κ2) is 8.33. The lowest BCUT2D eigenvalue weighted by Crippen LogP contribution is -2.53. The van der Waals surface area contributed by atoms with Gasteiger partial charge in [0.15, 0.2) is 11.5 Å². The minimum absolute atomic E-state index is 0.357. The third kappa shape index (κ3) is 3.10. The van der Waals surface area contributed by atoms with Gasteiger partial charge in [-0.15, -0.1) is 0 Å². The number of nitrogens with one attached hydrogen (secondary N) is 3. The number of carbonyl (C=O) groups is 3. The van der Waals surface area contributed by atoms with Gasteiger partial charge in [0.1, 0.15) is 18.8 Å². The van der Waals surface area contributed by atoms with Crippen LogP contribution in [0.25, 0.3) is 10.9 Å². The summed E-state index contributed by atoms with van der Waals surface area (Å²) in [5.41, 5.74) is 2.06. The molecule has 0 bridgehead atoms. The summed E-state index contributed by atoms with van der Waals surface area (Å²) < 4.78 is 11.4. The monoisotopic (exact) mass is 554 g/mol. The summed E-state index contributed by atoms with van der Waals surface area (Å²) in [6.07, 6.45) is 2.36. The number of amides is 3. The molecule has 4 aromatic rings. The molecule has 2 fully saturated rings. The van der Waals surface area contributed by atoms with Crippen LogP contribution >= 0.6 is 11.6 Å². The number of benzene rings is 3. The molecule has 8 rings (SSSR count). The highest BCUT2D eigenvalue weighted by Crippen LogP contribution is 2.54. The van der Waals surface area contributed by atoms with Crippen LogP contribution < -0.4 is 25.0 Å². The molecule has 4 aliphatic heterocycles. The van der Waals surface area contributed by atoms with Gasteiger partial charge in [-0.25, -0.2) is 4.90 Å². The van der Waals surface area contributed by atoms with E-state index in [1.807, 2.05) is 30.5 Å². The van der Waals surface area contributed by atoms with Crippen molar-refractivity contribution in [1.29, 1.82) is 0 Å². The Kier molecular flexibility index (Phi) is 4.90. The molecule has 1 aromatic heterocycles. The normalized spacial score (nSPS) is 26.5. The fraction of sp³-hybridized carbons (Fsp3) is 0.233. The molecule has 3 aromatic carbocycles. The fourth-order valence-electron chi connectivity index (χ4n) is 6.91. The topological polar surface area (TPSA) is 113 Å². The summed E-state index contributed by atoms with van der Waals surface area (Å²) in [7, 11) is 0. The van der Waals surface area contributed by atoms with Crippen molar-refractivity contribution >= 4 is 51.6 Å². The predicted octanol–water partition coefficient (Wildman–Crippen LogP) is 3.76. The zero-order chi connectivity index (χ0) is 27.2. The Bertz CT molecular complexity index is 1770. The zero-order valence-corrected chi connectivity index (χ0v) is 21.8. The van der Waals surface area contributed by atoms with E-state index in [1.54, 1.807) is 36.4 Å². The number of imide groups is 1. The Morgan fingerprint density at radius 1 is 0.950 bits per heavy atom. The molecular weight excluding hydrogens is 532 g/mol. The minimum atomic E-state index is -1.45. The first-order chi connectivity index (χ1) is 19.5. The molecule has 5 heterocycles. The Balaban J connectivity index is 1.27. The number of anilines is 2. The van der Waals surface area contributed by atoms with Crippen LogP contribution in [0, 0.1) is 11.8 Å². The maximum Gasteiger partial charge on any atom is 0.250 e. The molecule has 2 saturated heterocycles. The number of nitrogens with zero attached hydrogens (tertiary/aromatic N) is 1. The third-order valence-electron chi connectivity index (χ3n) is 8.58. The quantitative estimate of drug-likeness (QED) is 0.332. The van der Waals surface area contributed by atoms with Crippen molar-refractivity contribution in [1.82, 2.24) is 10.3 Å². The SMILES string of the molecule is O=C1C2C(Cc3c[nH]c4ccccc34)NC3(C(=O)Nc4ccc(Cl)cc43)C2C(=O)N1c1ccc2c(c1)OCCO2. The van der Waals surface area contributed by atoms with Crippen LogP contribution in [-0.2, 0) is 26.3 Å². The average Bonchev–Trinajstić information content (AvgIpc) is 3.67. The third-order valence-corrected chi connectivity index (χ3v) is 8.81. The molecule has 0 aliphatic carbocycles. The lowest BCUT2D eigenvalue weighted by Gasteiger charge is -2.30. The highest BCUT2D eigenvalue weighted by atomic mass is 35.5. The van der Waals surface area contributed by atoms with Gasteiger partial charge in [0.2, 0.25) is 17.7 Å². The van der Waals surface area contributed by atoms with E-state index in [9.17, 15) is 14.4 Å². The summed E-state index contributed by atoms with van der Waals surface area (Å²) in [6, 6.07) is 17.6. The lowest BCUT2D eigenvalue weighted by molar-refractivity contribution is -0.130. The summed E-state index contributed by atoms with van der Waals surface area (Å²) in [6.45, 7) is 0.805. The van der Waals surface area contributed by atoms with Gasteiger partial charge in [-0.3, -0.25) is 19.7 Å². The van der Waals surface area contributed by atoms with Crippen LogP contribution in [0.2, 0.25) is 5.02 Å². The number of hydrogen-bond acceptors (Lipinski definition) is 6. The molecule has 9 nitrogen and oxygen atoms in total. The van der Waals surface area contributed by atoms with Gasteiger partial charge in [0, 0.05) is 45.5 Å². The molecule has 10 heteroatoms. The first-order valence-electron chi connectivity index (χ1n) is 13.2. The second-order valence-electron chi connectivity index (χ2n) is 10.6. The summed E-state index contributed by atoms with van der Waals surface area (Å²) >= 11 is 6.39. The number of rotatable bonds is 3. The Morgan fingerprint density at radius 2 is 1.77 bits per heavy atom. The van der Waals surface area contributed by atoms with Crippen LogP contribution in [-0.4, -0.2) is 42.0 Å². The number of H-pyrrole nitrogens is 1. The zero-order valence-electron chi connectivity index (χ0n) is 21.1. The van der Waals surface area contributed by atoms with Crippen molar-refractivity contribution in [2.75, 3.05) is 23.4 Å². The van der Waals surface area contributed by atoms with Gasteiger partial charge in [-0.1, -0.05) is 29.8 Å². The van der Waals surface area contributed by atoms with Crippen molar-refractivity contribution < 1.29 is 23.9 Å². The van der Waals surface area contributed by atoms with Gasteiger partial charge in [-0.2, -0.15) is 0 Å². The van der Waals surface area contributed by atoms with Crippen LogP contribution in [0.15, 0.2) is 66.9 Å². The molecule has 4 aliphatic rings. The highest BCUT2D eigenvalue weighted by molar-refractivity contribution is 6.31. The van der Waals surface area contributed by atoms with Gasteiger partial charge in [0.25, 0.3) is 0 Å². The number of ether oxygens (including phenoxy) is 2. The maximum absolute atomic E-state index is 14.3. The average molecular weight is 555 g/mol. The number of aromatic amines is 1. The minimum Gasteiger partial charge on any atom is -0.486 e. The molecule has 3 N–H and O–H groups in total. The van der Waals surface area contributed by atoms with E-state index < -0.39 is 29.3 Å². The first kappa shape index (κ1) is 23.5. The van der Waals surface area contributed by atoms with Crippen LogP contribution in [0.3, 0.4) is 0 Å². The molecule has 4 unspecified atom stereocenters. The molecule has 0 saturated carbocycles. The van der Waals surface area contributed by atoms with E-state index in [4.69, 9.17) is 21.1 Å². The van der Waals surface area contributed by atoms with E-state index in [0.717, 1.165) is 16.5 Å². The highest BCUT2D eigenvalue weighted by Gasteiger charge is 2.70. The summed E-state index contributed by atoms with van der Waals surface area (Å²) in [4.78, 5) is 46.8. The van der Waals surface area contributed by atoms with E-state index in [1.165, 1.54) is 4.90 Å². The molecule has 40 heavy (non-hydrogen) atoms.